The second-order valence-electron chi connectivity index (χ2n) is 3.45. The Hall–Kier alpha value is -2.15. The highest BCUT2D eigenvalue weighted by Crippen LogP contribution is 2.20. The number of methoxy groups -OCH3 is 1. The summed E-state index contributed by atoms with van der Waals surface area (Å²) >= 11 is 0. The van der Waals surface area contributed by atoms with Crippen LogP contribution in [-0.2, 0) is 4.79 Å². The lowest BCUT2D eigenvalue weighted by Crippen LogP contribution is -2.40. The van der Waals surface area contributed by atoms with Crippen molar-refractivity contribution in [3.8, 4) is 5.75 Å². The zero-order valence-corrected chi connectivity index (χ0v) is 9.64. The van der Waals surface area contributed by atoms with Crippen LogP contribution in [0.25, 0.3) is 0 Å². The summed E-state index contributed by atoms with van der Waals surface area (Å²) < 4.78 is 18.3. The van der Waals surface area contributed by atoms with Gasteiger partial charge >= 0.3 is 0 Å². The first-order chi connectivity index (χ1) is 8.47. The maximum atomic E-state index is 13.5. The van der Waals surface area contributed by atoms with E-state index < -0.39 is 30.3 Å². The van der Waals surface area contributed by atoms with E-state index in [2.05, 4.69) is 5.32 Å². The first kappa shape index (κ1) is 13.9. The summed E-state index contributed by atoms with van der Waals surface area (Å²) in [5.74, 6) is -2.48. The van der Waals surface area contributed by atoms with Crippen molar-refractivity contribution in [2.75, 3.05) is 13.7 Å². The van der Waals surface area contributed by atoms with E-state index in [1.54, 1.807) is 0 Å². The number of hydrogen-bond acceptors (Lipinski definition) is 4. The number of ether oxygens (including phenoxy) is 1. The lowest BCUT2D eigenvalue weighted by atomic mass is 10.1. The second-order valence-corrected chi connectivity index (χ2v) is 3.45. The Kier molecular flexibility index (Phi) is 4.61. The van der Waals surface area contributed by atoms with Crippen molar-refractivity contribution in [3.05, 3.63) is 29.6 Å². The molecule has 18 heavy (non-hydrogen) atoms. The van der Waals surface area contributed by atoms with Gasteiger partial charge < -0.3 is 20.9 Å². The first-order valence-corrected chi connectivity index (χ1v) is 5.05. The number of aliphatic hydroxyl groups is 1. The molecule has 6 nitrogen and oxygen atoms in total. The summed E-state index contributed by atoms with van der Waals surface area (Å²) in [6.45, 7) is -0.397. The van der Waals surface area contributed by atoms with Gasteiger partial charge in [0.25, 0.3) is 5.91 Å². The maximum absolute atomic E-state index is 13.5. The number of nitrogens with two attached hydrogens (primary N) is 1. The number of amides is 2. The number of halogens is 1. The third-order valence-electron chi connectivity index (χ3n) is 2.21. The van der Waals surface area contributed by atoms with Crippen molar-refractivity contribution in [1.29, 1.82) is 0 Å². The van der Waals surface area contributed by atoms with E-state index in [1.165, 1.54) is 19.2 Å². The molecule has 0 bridgehead atoms. The fraction of sp³-hybridized carbons (Fsp3) is 0.273. The topological polar surface area (TPSA) is 102 Å². The first-order valence-electron chi connectivity index (χ1n) is 5.05. The number of carbonyl (C=O) groups is 2. The van der Waals surface area contributed by atoms with Gasteiger partial charge in [0.15, 0.2) is 0 Å². The third kappa shape index (κ3) is 3.17. The number of benzene rings is 1. The lowest BCUT2D eigenvalue weighted by molar-refractivity contribution is -0.125. The Labute approximate surface area is 103 Å². The Morgan fingerprint density at radius 1 is 1.56 bits per heavy atom. The molecule has 0 saturated heterocycles. The molecule has 0 aromatic heterocycles. The molecule has 0 aliphatic carbocycles. The number of carbonyl (C=O) groups excluding carboxylic acids is 2. The average molecular weight is 256 g/mol. The van der Waals surface area contributed by atoms with Crippen molar-refractivity contribution in [1.82, 2.24) is 5.32 Å². The van der Waals surface area contributed by atoms with E-state index in [9.17, 15) is 14.0 Å². The fourth-order valence-electron chi connectivity index (χ4n) is 1.27. The van der Waals surface area contributed by atoms with E-state index in [1.807, 2.05) is 0 Å². The molecule has 0 aliphatic rings. The number of rotatable bonds is 5. The summed E-state index contributed by atoms with van der Waals surface area (Å²) in [7, 11) is 1.30. The Morgan fingerprint density at radius 2 is 2.22 bits per heavy atom. The molecule has 4 N–H and O–H groups in total. The fourth-order valence-corrected chi connectivity index (χ4v) is 1.27. The van der Waals surface area contributed by atoms with Crippen LogP contribution in [0.4, 0.5) is 4.39 Å². The largest absolute Gasteiger partial charge is 0.496 e. The summed E-state index contributed by atoms with van der Waals surface area (Å²) in [5.41, 5.74) is 4.51. The lowest BCUT2D eigenvalue weighted by Gasteiger charge is -2.11. The van der Waals surface area contributed by atoms with E-state index >= 15 is 0 Å². The molecule has 0 heterocycles. The predicted octanol–water partition coefficient (Wildman–Crippen LogP) is -0.590. The highest BCUT2D eigenvalue weighted by atomic mass is 19.1. The quantitative estimate of drug-likeness (QED) is 0.655. The minimum Gasteiger partial charge on any atom is -0.496 e. The van der Waals surface area contributed by atoms with Crippen molar-refractivity contribution < 1.29 is 23.8 Å². The minimum atomic E-state index is -1.52. The van der Waals surface area contributed by atoms with E-state index in [0.29, 0.717) is 0 Å². The van der Waals surface area contributed by atoms with E-state index in [0.717, 1.165) is 6.07 Å². The van der Waals surface area contributed by atoms with Gasteiger partial charge in [-0.05, 0) is 12.1 Å². The third-order valence-corrected chi connectivity index (χ3v) is 2.21. The molecule has 1 rings (SSSR count). The zero-order chi connectivity index (χ0) is 13.7. The van der Waals surface area contributed by atoms with Crippen LogP contribution in [0.2, 0.25) is 0 Å². The van der Waals surface area contributed by atoms with Crippen LogP contribution < -0.4 is 15.8 Å². The number of nitrogens with one attached hydrogen (secondary N) is 1. The SMILES string of the molecule is COc1cccc(F)c1C(=O)NCC(O)C(N)=O. The average Bonchev–Trinajstić information content (AvgIpc) is 2.34. The molecule has 0 aliphatic heterocycles. The molecule has 1 atom stereocenters. The minimum absolute atomic E-state index is 0.0565. The van der Waals surface area contributed by atoms with Crippen LogP contribution in [0, 0.1) is 5.82 Å². The zero-order valence-electron chi connectivity index (χ0n) is 9.64. The van der Waals surface area contributed by atoms with Crippen LogP contribution in [0.3, 0.4) is 0 Å². The van der Waals surface area contributed by atoms with Gasteiger partial charge in [0.1, 0.15) is 23.2 Å². The van der Waals surface area contributed by atoms with Crippen molar-refractivity contribution in [2.24, 2.45) is 5.73 Å². The molecule has 2 amide bonds. The molecule has 0 saturated carbocycles. The highest BCUT2D eigenvalue weighted by Gasteiger charge is 2.19. The van der Waals surface area contributed by atoms with Crippen LogP contribution in [-0.4, -0.2) is 36.7 Å². The molecule has 0 spiro atoms. The van der Waals surface area contributed by atoms with Crippen LogP contribution in [0.15, 0.2) is 18.2 Å². The standard InChI is InChI=1S/C11H13FN2O4/c1-18-8-4-2-3-6(12)9(8)11(17)14-5-7(15)10(13)16/h2-4,7,15H,5H2,1H3,(H2,13,16)(H,14,17). The van der Waals surface area contributed by atoms with Gasteiger partial charge in [-0.2, -0.15) is 0 Å². The van der Waals surface area contributed by atoms with Gasteiger partial charge in [-0.3, -0.25) is 9.59 Å². The Bertz CT molecular complexity index is 464. The van der Waals surface area contributed by atoms with Crippen LogP contribution >= 0.6 is 0 Å². The van der Waals surface area contributed by atoms with Crippen LogP contribution in [0.5, 0.6) is 5.75 Å². The predicted molar refractivity (Wildman–Crippen MR) is 60.5 cm³/mol. The number of primary amides is 1. The summed E-state index contributed by atoms with van der Waals surface area (Å²) in [5, 5.41) is 11.3. The van der Waals surface area contributed by atoms with Gasteiger partial charge in [0.2, 0.25) is 5.91 Å². The molecule has 1 aromatic carbocycles. The molecule has 0 radical (unpaired) electrons. The molecule has 98 valence electrons. The van der Waals surface area contributed by atoms with Crippen LogP contribution in [0.1, 0.15) is 10.4 Å². The molecule has 7 heteroatoms. The van der Waals surface area contributed by atoms with Gasteiger partial charge in [-0.25, -0.2) is 4.39 Å². The monoisotopic (exact) mass is 256 g/mol. The second kappa shape index (κ2) is 5.97. The van der Waals surface area contributed by atoms with Crippen molar-refractivity contribution >= 4 is 11.8 Å². The molecular weight excluding hydrogens is 243 g/mol. The summed E-state index contributed by atoms with van der Waals surface area (Å²) in [4.78, 5) is 22.2. The maximum Gasteiger partial charge on any atom is 0.258 e. The van der Waals surface area contributed by atoms with Gasteiger partial charge in [0, 0.05) is 0 Å². The smallest absolute Gasteiger partial charge is 0.258 e. The van der Waals surface area contributed by atoms with Gasteiger partial charge in [-0.1, -0.05) is 6.07 Å². The van der Waals surface area contributed by atoms with Gasteiger partial charge in [0.05, 0.1) is 13.7 Å². The van der Waals surface area contributed by atoms with E-state index in [-0.39, 0.29) is 11.3 Å². The molecular formula is C11H13FN2O4. The summed E-state index contributed by atoms with van der Waals surface area (Å²) in [6, 6.07) is 3.91. The molecule has 1 aromatic rings. The highest BCUT2D eigenvalue weighted by molar-refractivity contribution is 5.97. The Balaban J connectivity index is 2.81. The van der Waals surface area contributed by atoms with Gasteiger partial charge in [-0.15, -0.1) is 0 Å². The number of hydrogen-bond donors (Lipinski definition) is 3. The van der Waals surface area contributed by atoms with Crippen molar-refractivity contribution in [2.45, 2.75) is 6.10 Å². The Morgan fingerprint density at radius 3 is 2.78 bits per heavy atom. The van der Waals surface area contributed by atoms with Crippen molar-refractivity contribution in [3.63, 3.8) is 0 Å². The summed E-state index contributed by atoms with van der Waals surface area (Å²) in [6.07, 6.45) is -1.52. The number of aliphatic hydroxyl groups excluding tert-OH is 1. The molecule has 1 unspecified atom stereocenters. The normalized spacial score (nSPS) is 11.7. The molecule has 0 fully saturated rings. The van der Waals surface area contributed by atoms with E-state index in [4.69, 9.17) is 15.6 Å².